The topological polar surface area (TPSA) is 52.5 Å². The van der Waals surface area contributed by atoms with Crippen LogP contribution in [0.4, 0.5) is 0 Å². The van der Waals surface area contributed by atoms with Gasteiger partial charge < -0.3 is 15.5 Å². The Morgan fingerprint density at radius 3 is 2.29 bits per heavy atom. The van der Waals surface area contributed by atoms with E-state index in [0.717, 1.165) is 25.8 Å². The van der Waals surface area contributed by atoms with Gasteiger partial charge in [-0.15, -0.1) is 0 Å². The SMILES string of the molecule is CCC(O)(CC)CNCC(C)CCO. The first kappa shape index (κ1) is 13.9. The van der Waals surface area contributed by atoms with Crippen LogP contribution in [0.25, 0.3) is 0 Å². The van der Waals surface area contributed by atoms with Crippen molar-refractivity contribution in [1.29, 1.82) is 0 Å². The van der Waals surface area contributed by atoms with Gasteiger partial charge in [-0.05, 0) is 31.7 Å². The maximum Gasteiger partial charge on any atom is 0.0766 e. The molecule has 1 unspecified atom stereocenters. The molecule has 0 heterocycles. The van der Waals surface area contributed by atoms with Gasteiger partial charge in [0.05, 0.1) is 5.60 Å². The maximum absolute atomic E-state index is 9.96. The Bertz CT molecular complexity index is 135. The van der Waals surface area contributed by atoms with Crippen LogP contribution in [0.15, 0.2) is 0 Å². The predicted octanol–water partition coefficient (Wildman–Crippen LogP) is 1.15. The lowest BCUT2D eigenvalue weighted by Gasteiger charge is -2.26. The van der Waals surface area contributed by atoms with E-state index in [1.54, 1.807) is 0 Å². The normalized spacial score (nSPS) is 14.4. The molecule has 0 aromatic heterocycles. The third-order valence-corrected chi connectivity index (χ3v) is 2.88. The molecule has 0 saturated heterocycles. The van der Waals surface area contributed by atoms with Crippen molar-refractivity contribution >= 4 is 0 Å². The van der Waals surface area contributed by atoms with Crippen LogP contribution in [0.1, 0.15) is 40.0 Å². The van der Waals surface area contributed by atoms with E-state index in [0.29, 0.717) is 12.5 Å². The van der Waals surface area contributed by atoms with Crippen molar-refractivity contribution in [2.75, 3.05) is 19.7 Å². The molecule has 3 N–H and O–H groups in total. The Balaban J connectivity index is 3.61. The lowest BCUT2D eigenvalue weighted by molar-refractivity contribution is 0.0318. The van der Waals surface area contributed by atoms with Crippen molar-refractivity contribution in [2.45, 2.75) is 45.6 Å². The zero-order valence-corrected chi connectivity index (χ0v) is 9.71. The van der Waals surface area contributed by atoms with Crippen LogP contribution < -0.4 is 5.32 Å². The zero-order chi connectivity index (χ0) is 11.0. The monoisotopic (exact) mass is 203 g/mol. The standard InChI is InChI=1S/C11H25NO2/c1-4-11(14,5-2)9-12-8-10(3)6-7-13/h10,12-14H,4-9H2,1-3H3. The minimum absolute atomic E-state index is 0.245. The van der Waals surface area contributed by atoms with Crippen LogP contribution in [0.5, 0.6) is 0 Å². The first-order valence-electron chi connectivity index (χ1n) is 5.62. The molecule has 0 aliphatic carbocycles. The summed E-state index contributed by atoms with van der Waals surface area (Å²) in [6, 6.07) is 0. The van der Waals surface area contributed by atoms with Gasteiger partial charge in [-0.2, -0.15) is 0 Å². The Morgan fingerprint density at radius 2 is 1.86 bits per heavy atom. The lowest BCUT2D eigenvalue weighted by atomic mass is 9.97. The largest absolute Gasteiger partial charge is 0.396 e. The van der Waals surface area contributed by atoms with Gasteiger partial charge >= 0.3 is 0 Å². The molecule has 86 valence electrons. The van der Waals surface area contributed by atoms with Crippen LogP contribution in [0.2, 0.25) is 0 Å². The predicted molar refractivity (Wildman–Crippen MR) is 59.3 cm³/mol. The number of aliphatic hydroxyl groups excluding tert-OH is 1. The quantitative estimate of drug-likeness (QED) is 0.554. The molecule has 0 bridgehead atoms. The van der Waals surface area contributed by atoms with E-state index in [4.69, 9.17) is 5.11 Å². The molecular weight excluding hydrogens is 178 g/mol. The van der Waals surface area contributed by atoms with Crippen molar-refractivity contribution in [2.24, 2.45) is 5.92 Å². The molecule has 0 radical (unpaired) electrons. The van der Waals surface area contributed by atoms with E-state index in [2.05, 4.69) is 12.2 Å². The van der Waals surface area contributed by atoms with Crippen molar-refractivity contribution < 1.29 is 10.2 Å². The molecule has 0 saturated carbocycles. The Morgan fingerprint density at radius 1 is 1.29 bits per heavy atom. The first-order valence-corrected chi connectivity index (χ1v) is 5.62. The minimum atomic E-state index is -0.557. The average molecular weight is 203 g/mol. The van der Waals surface area contributed by atoms with Gasteiger partial charge in [-0.25, -0.2) is 0 Å². The van der Waals surface area contributed by atoms with Crippen molar-refractivity contribution in [3.8, 4) is 0 Å². The molecule has 0 amide bonds. The van der Waals surface area contributed by atoms with E-state index >= 15 is 0 Å². The Labute approximate surface area is 87.5 Å². The fraction of sp³-hybridized carbons (Fsp3) is 1.00. The van der Waals surface area contributed by atoms with Gasteiger partial charge in [0.25, 0.3) is 0 Å². The Hall–Kier alpha value is -0.120. The fourth-order valence-electron chi connectivity index (χ4n) is 1.37. The molecule has 1 atom stereocenters. The average Bonchev–Trinajstić information content (AvgIpc) is 2.18. The molecule has 3 heteroatoms. The van der Waals surface area contributed by atoms with E-state index in [1.807, 2.05) is 13.8 Å². The molecule has 0 spiro atoms. The van der Waals surface area contributed by atoms with Crippen LogP contribution in [0.3, 0.4) is 0 Å². The van der Waals surface area contributed by atoms with Gasteiger partial charge in [0, 0.05) is 13.2 Å². The number of aliphatic hydroxyl groups is 2. The van der Waals surface area contributed by atoms with Crippen LogP contribution in [-0.4, -0.2) is 35.5 Å². The van der Waals surface area contributed by atoms with Gasteiger partial charge in [0.15, 0.2) is 0 Å². The highest BCUT2D eigenvalue weighted by Crippen LogP contribution is 2.13. The zero-order valence-electron chi connectivity index (χ0n) is 9.71. The summed E-state index contributed by atoms with van der Waals surface area (Å²) in [5, 5.41) is 21.9. The summed E-state index contributed by atoms with van der Waals surface area (Å²) >= 11 is 0. The van der Waals surface area contributed by atoms with Crippen LogP contribution in [-0.2, 0) is 0 Å². The second-order valence-electron chi connectivity index (χ2n) is 4.18. The summed E-state index contributed by atoms with van der Waals surface area (Å²) in [6.07, 6.45) is 2.39. The molecule has 0 fully saturated rings. The highest BCUT2D eigenvalue weighted by atomic mass is 16.3. The highest BCUT2D eigenvalue weighted by molar-refractivity contribution is 4.77. The van der Waals surface area contributed by atoms with Gasteiger partial charge in [0.1, 0.15) is 0 Å². The fourth-order valence-corrected chi connectivity index (χ4v) is 1.37. The van der Waals surface area contributed by atoms with Crippen molar-refractivity contribution in [3.05, 3.63) is 0 Å². The molecule has 0 aliphatic rings. The van der Waals surface area contributed by atoms with E-state index in [1.165, 1.54) is 0 Å². The third-order valence-electron chi connectivity index (χ3n) is 2.88. The minimum Gasteiger partial charge on any atom is -0.396 e. The second kappa shape index (κ2) is 7.21. The highest BCUT2D eigenvalue weighted by Gasteiger charge is 2.21. The molecule has 0 aromatic rings. The third kappa shape index (κ3) is 5.58. The Kier molecular flexibility index (Phi) is 7.15. The summed E-state index contributed by atoms with van der Waals surface area (Å²) in [5.74, 6) is 0.470. The first-order chi connectivity index (χ1) is 6.58. The number of hydrogen-bond donors (Lipinski definition) is 3. The van der Waals surface area contributed by atoms with E-state index < -0.39 is 5.60 Å². The molecule has 0 aromatic carbocycles. The molecular formula is C11H25NO2. The lowest BCUT2D eigenvalue weighted by Crippen LogP contribution is -2.40. The maximum atomic E-state index is 9.96. The van der Waals surface area contributed by atoms with Crippen LogP contribution in [0, 0.1) is 5.92 Å². The smallest absolute Gasteiger partial charge is 0.0766 e. The van der Waals surface area contributed by atoms with E-state index in [9.17, 15) is 5.11 Å². The second-order valence-corrected chi connectivity index (χ2v) is 4.18. The molecule has 3 nitrogen and oxygen atoms in total. The number of hydrogen-bond acceptors (Lipinski definition) is 3. The summed E-state index contributed by atoms with van der Waals surface area (Å²) in [7, 11) is 0. The van der Waals surface area contributed by atoms with Gasteiger partial charge in [-0.3, -0.25) is 0 Å². The summed E-state index contributed by atoms with van der Waals surface area (Å²) < 4.78 is 0. The van der Waals surface area contributed by atoms with Gasteiger partial charge in [0.2, 0.25) is 0 Å². The molecule has 14 heavy (non-hydrogen) atoms. The summed E-state index contributed by atoms with van der Waals surface area (Å²) in [5.41, 5.74) is -0.557. The molecule has 0 rings (SSSR count). The van der Waals surface area contributed by atoms with Crippen LogP contribution >= 0.6 is 0 Å². The van der Waals surface area contributed by atoms with Gasteiger partial charge in [-0.1, -0.05) is 20.8 Å². The molecule has 0 aliphatic heterocycles. The van der Waals surface area contributed by atoms with Crippen molar-refractivity contribution in [3.63, 3.8) is 0 Å². The summed E-state index contributed by atoms with van der Waals surface area (Å²) in [6.45, 7) is 7.86. The number of nitrogens with one attached hydrogen (secondary N) is 1. The van der Waals surface area contributed by atoms with Crippen molar-refractivity contribution in [1.82, 2.24) is 5.32 Å². The van der Waals surface area contributed by atoms with E-state index in [-0.39, 0.29) is 6.61 Å². The summed E-state index contributed by atoms with van der Waals surface area (Å²) in [4.78, 5) is 0. The number of rotatable bonds is 8.